The smallest absolute Gasteiger partial charge is 0.211 e. The summed E-state index contributed by atoms with van der Waals surface area (Å²) < 4.78 is 14.7. The van der Waals surface area contributed by atoms with Crippen LogP contribution in [0.25, 0.3) is 27.9 Å². The Morgan fingerprint density at radius 3 is 2.64 bits per heavy atom. The SMILES string of the molecule is O=CNc1cncc(-c2cnn3cc(-c4ccc(F)cc4)cnc23)c1. The van der Waals surface area contributed by atoms with Gasteiger partial charge in [0.25, 0.3) is 0 Å². The second kappa shape index (κ2) is 6.12. The molecular formula is C18H12FN5O. The molecule has 122 valence electrons. The summed E-state index contributed by atoms with van der Waals surface area (Å²) in [6.45, 7) is 0. The highest BCUT2D eigenvalue weighted by molar-refractivity contribution is 5.81. The second-order valence-electron chi connectivity index (χ2n) is 5.40. The molecule has 3 heterocycles. The van der Waals surface area contributed by atoms with Gasteiger partial charge in [0.15, 0.2) is 5.65 Å². The first kappa shape index (κ1) is 14.9. The van der Waals surface area contributed by atoms with Gasteiger partial charge in [0.2, 0.25) is 6.41 Å². The van der Waals surface area contributed by atoms with E-state index in [1.807, 2.05) is 6.20 Å². The van der Waals surface area contributed by atoms with Crippen molar-refractivity contribution < 1.29 is 9.18 Å². The van der Waals surface area contributed by atoms with Crippen LogP contribution in [0.5, 0.6) is 0 Å². The Labute approximate surface area is 142 Å². The number of benzene rings is 1. The number of nitrogens with one attached hydrogen (secondary N) is 1. The molecule has 0 aliphatic rings. The van der Waals surface area contributed by atoms with Gasteiger partial charge >= 0.3 is 0 Å². The first-order chi connectivity index (χ1) is 12.2. The van der Waals surface area contributed by atoms with Crippen LogP contribution in [0.2, 0.25) is 0 Å². The molecule has 0 radical (unpaired) electrons. The van der Waals surface area contributed by atoms with Gasteiger partial charge in [-0.05, 0) is 23.8 Å². The number of anilines is 1. The Morgan fingerprint density at radius 1 is 1.00 bits per heavy atom. The average molecular weight is 333 g/mol. The van der Waals surface area contributed by atoms with E-state index in [1.165, 1.54) is 12.1 Å². The standard InChI is InChI=1S/C18H12FN5O/c19-15-3-1-12(2-4-15)14-7-21-18-17(9-23-24(18)10-14)13-5-16(22-11-25)8-20-6-13/h1-11H,(H,22,25). The lowest BCUT2D eigenvalue weighted by atomic mass is 10.1. The molecule has 4 aromatic rings. The van der Waals surface area contributed by atoms with Crippen LogP contribution in [0.3, 0.4) is 0 Å². The number of rotatable bonds is 4. The van der Waals surface area contributed by atoms with Gasteiger partial charge in [-0.3, -0.25) is 9.78 Å². The molecule has 0 aliphatic carbocycles. The maximum absolute atomic E-state index is 13.1. The Hall–Kier alpha value is -3.61. The monoisotopic (exact) mass is 333 g/mol. The molecule has 0 saturated heterocycles. The molecule has 0 saturated carbocycles. The summed E-state index contributed by atoms with van der Waals surface area (Å²) in [4.78, 5) is 19.2. The number of carbonyl (C=O) groups excluding carboxylic acids is 1. The van der Waals surface area contributed by atoms with Crippen molar-refractivity contribution in [3.05, 3.63) is 67.1 Å². The van der Waals surface area contributed by atoms with Gasteiger partial charge in [0.1, 0.15) is 5.82 Å². The number of amides is 1. The molecule has 0 atom stereocenters. The Bertz CT molecular complexity index is 1060. The fraction of sp³-hybridized carbons (Fsp3) is 0. The number of carbonyl (C=O) groups is 1. The Balaban J connectivity index is 1.76. The van der Waals surface area contributed by atoms with E-state index in [9.17, 15) is 9.18 Å². The van der Waals surface area contributed by atoms with E-state index in [0.717, 1.165) is 22.3 Å². The molecule has 1 aromatic carbocycles. The van der Waals surface area contributed by atoms with Gasteiger partial charge < -0.3 is 5.32 Å². The van der Waals surface area contributed by atoms with E-state index in [4.69, 9.17) is 0 Å². The van der Waals surface area contributed by atoms with Crippen molar-refractivity contribution in [2.45, 2.75) is 0 Å². The summed E-state index contributed by atoms with van der Waals surface area (Å²) in [6, 6.07) is 8.01. The number of hydrogen-bond donors (Lipinski definition) is 1. The van der Waals surface area contributed by atoms with Crippen molar-refractivity contribution in [2.24, 2.45) is 0 Å². The summed E-state index contributed by atoms with van der Waals surface area (Å²) in [5, 5.41) is 6.91. The van der Waals surface area contributed by atoms with E-state index in [-0.39, 0.29) is 5.82 Å². The van der Waals surface area contributed by atoms with E-state index >= 15 is 0 Å². The van der Waals surface area contributed by atoms with E-state index < -0.39 is 0 Å². The van der Waals surface area contributed by atoms with Crippen LogP contribution in [0, 0.1) is 5.82 Å². The molecule has 7 heteroatoms. The molecule has 6 nitrogen and oxygen atoms in total. The summed E-state index contributed by atoms with van der Waals surface area (Å²) in [5.41, 5.74) is 4.53. The lowest BCUT2D eigenvalue weighted by molar-refractivity contribution is -0.105. The molecule has 25 heavy (non-hydrogen) atoms. The molecule has 4 rings (SSSR count). The van der Waals surface area contributed by atoms with Crippen LogP contribution < -0.4 is 5.32 Å². The number of nitrogens with zero attached hydrogens (tertiary/aromatic N) is 4. The van der Waals surface area contributed by atoms with Crippen molar-refractivity contribution in [2.75, 3.05) is 5.32 Å². The highest BCUT2D eigenvalue weighted by atomic mass is 19.1. The second-order valence-corrected chi connectivity index (χ2v) is 5.40. The number of pyridine rings is 1. The van der Waals surface area contributed by atoms with E-state index in [2.05, 4.69) is 20.4 Å². The van der Waals surface area contributed by atoms with Crippen LogP contribution in [0.4, 0.5) is 10.1 Å². The Morgan fingerprint density at radius 2 is 1.84 bits per heavy atom. The summed E-state index contributed by atoms with van der Waals surface area (Å²) >= 11 is 0. The van der Waals surface area contributed by atoms with Crippen molar-refractivity contribution in [1.82, 2.24) is 19.6 Å². The maximum atomic E-state index is 13.1. The van der Waals surface area contributed by atoms with Crippen LogP contribution in [0.15, 0.2) is 61.3 Å². The third-order valence-corrected chi connectivity index (χ3v) is 3.81. The molecule has 0 fully saturated rings. The summed E-state index contributed by atoms with van der Waals surface area (Å²) in [5.74, 6) is -0.282. The van der Waals surface area contributed by atoms with Gasteiger partial charge in [-0.25, -0.2) is 13.9 Å². The van der Waals surface area contributed by atoms with Gasteiger partial charge in [-0.1, -0.05) is 12.1 Å². The van der Waals surface area contributed by atoms with Gasteiger partial charge in [0, 0.05) is 35.3 Å². The molecule has 0 aliphatic heterocycles. The minimum atomic E-state index is -0.282. The number of halogens is 1. The lowest BCUT2D eigenvalue weighted by Crippen LogP contribution is -1.95. The minimum absolute atomic E-state index is 0.282. The van der Waals surface area contributed by atoms with Crippen molar-refractivity contribution >= 4 is 17.7 Å². The maximum Gasteiger partial charge on any atom is 0.211 e. The first-order valence-corrected chi connectivity index (χ1v) is 7.49. The predicted molar refractivity (Wildman–Crippen MR) is 91.3 cm³/mol. The largest absolute Gasteiger partial charge is 0.327 e. The van der Waals surface area contributed by atoms with Crippen molar-refractivity contribution in [3.63, 3.8) is 0 Å². The zero-order chi connectivity index (χ0) is 17.2. The quantitative estimate of drug-likeness (QED) is 0.582. The molecule has 3 aromatic heterocycles. The van der Waals surface area contributed by atoms with Crippen LogP contribution >= 0.6 is 0 Å². The fourth-order valence-electron chi connectivity index (χ4n) is 2.60. The molecule has 0 bridgehead atoms. The molecular weight excluding hydrogens is 321 g/mol. The predicted octanol–water partition coefficient (Wildman–Crippen LogP) is 3.17. The molecule has 1 amide bonds. The molecule has 0 unspecified atom stereocenters. The summed E-state index contributed by atoms with van der Waals surface area (Å²) in [7, 11) is 0. The molecule has 0 spiro atoms. The van der Waals surface area contributed by atoms with Gasteiger partial charge in [-0.2, -0.15) is 5.10 Å². The highest BCUT2D eigenvalue weighted by Crippen LogP contribution is 2.26. The van der Waals surface area contributed by atoms with Gasteiger partial charge in [0.05, 0.1) is 18.1 Å². The zero-order valence-corrected chi connectivity index (χ0v) is 12.9. The normalized spacial score (nSPS) is 10.8. The lowest BCUT2D eigenvalue weighted by Gasteiger charge is -2.04. The van der Waals surface area contributed by atoms with Crippen LogP contribution in [0.1, 0.15) is 0 Å². The minimum Gasteiger partial charge on any atom is -0.327 e. The number of aromatic nitrogens is 4. The third kappa shape index (κ3) is 2.83. The number of hydrogen-bond acceptors (Lipinski definition) is 4. The first-order valence-electron chi connectivity index (χ1n) is 7.49. The molecule has 1 N–H and O–H groups in total. The van der Waals surface area contributed by atoms with Gasteiger partial charge in [-0.15, -0.1) is 0 Å². The third-order valence-electron chi connectivity index (χ3n) is 3.81. The van der Waals surface area contributed by atoms with E-state index in [1.54, 1.807) is 47.5 Å². The van der Waals surface area contributed by atoms with Crippen molar-refractivity contribution in [1.29, 1.82) is 0 Å². The highest BCUT2D eigenvalue weighted by Gasteiger charge is 2.10. The van der Waals surface area contributed by atoms with E-state index in [0.29, 0.717) is 17.7 Å². The topological polar surface area (TPSA) is 72.2 Å². The Kier molecular flexibility index (Phi) is 3.66. The number of fused-ring (bicyclic) bond motifs is 1. The van der Waals surface area contributed by atoms with Crippen molar-refractivity contribution in [3.8, 4) is 22.3 Å². The van der Waals surface area contributed by atoms with Crippen LogP contribution in [-0.4, -0.2) is 26.0 Å². The average Bonchev–Trinajstić information content (AvgIpc) is 3.06. The summed E-state index contributed by atoms with van der Waals surface area (Å²) in [6.07, 6.45) is 9.09. The zero-order valence-electron chi connectivity index (χ0n) is 12.9. The van der Waals surface area contributed by atoms with Crippen LogP contribution in [-0.2, 0) is 4.79 Å². The fourth-order valence-corrected chi connectivity index (χ4v) is 2.60.